The molecule has 84 valence electrons. The zero-order valence-electron chi connectivity index (χ0n) is 8.90. The summed E-state index contributed by atoms with van der Waals surface area (Å²) in [5.74, 6) is -0.0182. The van der Waals surface area contributed by atoms with Crippen molar-refractivity contribution in [3.05, 3.63) is 51.7 Å². The number of nitrogens with one attached hydrogen (secondary N) is 1. The van der Waals surface area contributed by atoms with Gasteiger partial charge < -0.3 is 5.32 Å². The maximum Gasteiger partial charge on any atom is 0.228 e. The standard InChI is InChI=1S/C13H9NO2S/c15-12-6-8-1-2-9(5-11(8)14-12)13(16)10-3-4-17-7-10/h1-5,7H,6H2,(H,14,15). The fourth-order valence-corrected chi connectivity index (χ4v) is 2.55. The second-order valence-electron chi connectivity index (χ2n) is 3.94. The average molecular weight is 243 g/mol. The van der Waals surface area contributed by atoms with E-state index in [0.717, 1.165) is 11.3 Å². The average Bonchev–Trinajstić information content (AvgIpc) is 2.94. The van der Waals surface area contributed by atoms with E-state index in [1.54, 1.807) is 18.2 Å². The second kappa shape index (κ2) is 3.82. The van der Waals surface area contributed by atoms with Crippen molar-refractivity contribution in [3.63, 3.8) is 0 Å². The van der Waals surface area contributed by atoms with E-state index in [9.17, 15) is 9.59 Å². The van der Waals surface area contributed by atoms with Gasteiger partial charge >= 0.3 is 0 Å². The predicted octanol–water partition coefficient (Wildman–Crippen LogP) is 2.47. The quantitative estimate of drug-likeness (QED) is 0.824. The SMILES string of the molecule is O=C1Cc2ccc(C(=O)c3ccsc3)cc2N1. The second-order valence-corrected chi connectivity index (χ2v) is 4.72. The Morgan fingerprint density at radius 1 is 1.24 bits per heavy atom. The molecule has 1 aliphatic heterocycles. The number of hydrogen-bond acceptors (Lipinski definition) is 3. The Morgan fingerprint density at radius 2 is 2.12 bits per heavy atom. The lowest BCUT2D eigenvalue weighted by Crippen LogP contribution is -2.04. The molecule has 0 aliphatic carbocycles. The number of carbonyl (C=O) groups is 2. The van der Waals surface area contributed by atoms with Crippen LogP contribution in [0.3, 0.4) is 0 Å². The number of rotatable bonds is 2. The Bertz CT molecular complexity index is 602. The van der Waals surface area contributed by atoms with Crippen LogP contribution in [0, 0.1) is 0 Å². The molecule has 0 bridgehead atoms. The van der Waals surface area contributed by atoms with Gasteiger partial charge in [-0.25, -0.2) is 0 Å². The van der Waals surface area contributed by atoms with Crippen molar-refractivity contribution in [3.8, 4) is 0 Å². The number of anilines is 1. The number of fused-ring (bicyclic) bond motifs is 1. The fraction of sp³-hybridized carbons (Fsp3) is 0.0769. The Kier molecular flexibility index (Phi) is 2.30. The van der Waals surface area contributed by atoms with Crippen LogP contribution in [0.1, 0.15) is 21.5 Å². The minimum Gasteiger partial charge on any atom is -0.326 e. The van der Waals surface area contributed by atoms with Gasteiger partial charge in [0.1, 0.15) is 0 Å². The maximum absolute atomic E-state index is 12.1. The molecular formula is C13H9NO2S. The van der Waals surface area contributed by atoms with Gasteiger partial charge in [0.15, 0.2) is 5.78 Å². The van der Waals surface area contributed by atoms with Crippen LogP contribution in [-0.2, 0) is 11.2 Å². The third-order valence-electron chi connectivity index (χ3n) is 2.78. The van der Waals surface area contributed by atoms with Gasteiger partial charge in [-0.1, -0.05) is 12.1 Å². The number of carbonyl (C=O) groups excluding carboxylic acids is 2. The van der Waals surface area contributed by atoms with Crippen molar-refractivity contribution < 1.29 is 9.59 Å². The molecule has 17 heavy (non-hydrogen) atoms. The largest absolute Gasteiger partial charge is 0.326 e. The predicted molar refractivity (Wildman–Crippen MR) is 66.5 cm³/mol. The highest BCUT2D eigenvalue weighted by molar-refractivity contribution is 7.08. The molecule has 1 amide bonds. The summed E-state index contributed by atoms with van der Waals surface area (Å²) in [6.45, 7) is 0. The van der Waals surface area contributed by atoms with Crippen molar-refractivity contribution in [1.29, 1.82) is 0 Å². The number of amides is 1. The molecule has 0 spiro atoms. The van der Waals surface area contributed by atoms with Gasteiger partial charge in [-0.3, -0.25) is 9.59 Å². The molecule has 3 nitrogen and oxygen atoms in total. The van der Waals surface area contributed by atoms with Crippen LogP contribution in [0.4, 0.5) is 5.69 Å². The summed E-state index contributed by atoms with van der Waals surface area (Å²) < 4.78 is 0. The minimum absolute atomic E-state index is 0.00445. The summed E-state index contributed by atoms with van der Waals surface area (Å²) in [6, 6.07) is 7.17. The zero-order valence-corrected chi connectivity index (χ0v) is 9.71. The smallest absolute Gasteiger partial charge is 0.228 e. The molecule has 1 N–H and O–H groups in total. The normalized spacial score (nSPS) is 13.3. The summed E-state index contributed by atoms with van der Waals surface area (Å²) >= 11 is 1.50. The Labute approximate surface area is 102 Å². The summed E-state index contributed by atoms with van der Waals surface area (Å²) in [4.78, 5) is 23.3. The van der Waals surface area contributed by atoms with Crippen LogP contribution in [0.5, 0.6) is 0 Å². The van der Waals surface area contributed by atoms with Gasteiger partial charge in [-0.15, -0.1) is 0 Å². The molecule has 0 saturated heterocycles. The van der Waals surface area contributed by atoms with Crippen molar-refractivity contribution in [2.75, 3.05) is 5.32 Å². The van der Waals surface area contributed by atoms with Crippen LogP contribution in [0.2, 0.25) is 0 Å². The lowest BCUT2D eigenvalue weighted by molar-refractivity contribution is -0.115. The van der Waals surface area contributed by atoms with Gasteiger partial charge in [0.25, 0.3) is 0 Å². The summed E-state index contributed by atoms with van der Waals surface area (Å²) in [5, 5.41) is 6.45. The van der Waals surface area contributed by atoms with Gasteiger partial charge in [-0.2, -0.15) is 11.3 Å². The summed E-state index contributed by atoms with van der Waals surface area (Å²) in [5.41, 5.74) is 3.02. The maximum atomic E-state index is 12.1. The molecule has 1 aromatic carbocycles. The van der Waals surface area contributed by atoms with Crippen LogP contribution >= 0.6 is 11.3 Å². The van der Waals surface area contributed by atoms with Gasteiger partial charge in [-0.05, 0) is 23.1 Å². The van der Waals surface area contributed by atoms with E-state index < -0.39 is 0 Å². The van der Waals surface area contributed by atoms with E-state index in [4.69, 9.17) is 0 Å². The van der Waals surface area contributed by atoms with Crippen LogP contribution in [0.25, 0.3) is 0 Å². The molecule has 0 unspecified atom stereocenters. The van der Waals surface area contributed by atoms with Crippen LogP contribution < -0.4 is 5.32 Å². The van der Waals surface area contributed by atoms with Crippen molar-refractivity contribution >= 4 is 28.7 Å². The molecule has 2 heterocycles. The monoisotopic (exact) mass is 243 g/mol. The van der Waals surface area contributed by atoms with E-state index in [1.165, 1.54) is 11.3 Å². The Balaban J connectivity index is 1.98. The van der Waals surface area contributed by atoms with Gasteiger partial charge in [0, 0.05) is 22.2 Å². The molecule has 0 radical (unpaired) electrons. The first kappa shape index (κ1) is 10.2. The van der Waals surface area contributed by atoms with Crippen LogP contribution in [0.15, 0.2) is 35.0 Å². The first-order valence-corrected chi connectivity index (χ1v) is 6.18. The zero-order chi connectivity index (χ0) is 11.8. The van der Waals surface area contributed by atoms with Crippen molar-refractivity contribution in [1.82, 2.24) is 0 Å². The highest BCUT2D eigenvalue weighted by Crippen LogP contribution is 2.25. The lowest BCUT2D eigenvalue weighted by atomic mass is 10.0. The topological polar surface area (TPSA) is 46.2 Å². The summed E-state index contributed by atoms with van der Waals surface area (Å²) in [6.07, 6.45) is 0.405. The number of ketones is 1. The first-order valence-electron chi connectivity index (χ1n) is 5.24. The molecule has 3 rings (SSSR count). The molecule has 1 aliphatic rings. The number of hydrogen-bond donors (Lipinski definition) is 1. The Morgan fingerprint density at radius 3 is 2.88 bits per heavy atom. The number of benzene rings is 1. The molecule has 0 fully saturated rings. The lowest BCUT2D eigenvalue weighted by Gasteiger charge is -2.02. The highest BCUT2D eigenvalue weighted by atomic mass is 32.1. The fourth-order valence-electron chi connectivity index (χ4n) is 1.92. The first-order chi connectivity index (χ1) is 8.24. The molecule has 2 aromatic rings. The molecular weight excluding hydrogens is 234 g/mol. The minimum atomic E-state index is -0.0138. The van der Waals surface area contributed by atoms with Crippen molar-refractivity contribution in [2.45, 2.75) is 6.42 Å². The van der Waals surface area contributed by atoms with Crippen LogP contribution in [-0.4, -0.2) is 11.7 Å². The van der Waals surface area contributed by atoms with E-state index in [2.05, 4.69) is 5.32 Å². The molecule has 0 saturated carbocycles. The Hall–Kier alpha value is -1.94. The third-order valence-corrected chi connectivity index (χ3v) is 3.46. The van der Waals surface area contributed by atoms with Crippen molar-refractivity contribution in [2.24, 2.45) is 0 Å². The number of thiophene rings is 1. The van der Waals surface area contributed by atoms with E-state index >= 15 is 0 Å². The van der Waals surface area contributed by atoms with E-state index in [1.807, 2.05) is 16.8 Å². The van der Waals surface area contributed by atoms with Gasteiger partial charge in [0.2, 0.25) is 5.91 Å². The molecule has 4 heteroatoms. The molecule has 1 aromatic heterocycles. The van der Waals surface area contributed by atoms with E-state index in [-0.39, 0.29) is 11.7 Å². The van der Waals surface area contributed by atoms with E-state index in [0.29, 0.717) is 17.5 Å². The summed E-state index contributed by atoms with van der Waals surface area (Å²) in [7, 11) is 0. The molecule has 0 atom stereocenters. The van der Waals surface area contributed by atoms with Gasteiger partial charge in [0.05, 0.1) is 6.42 Å². The third kappa shape index (κ3) is 1.76. The highest BCUT2D eigenvalue weighted by Gasteiger charge is 2.19.